The van der Waals surface area contributed by atoms with Gasteiger partial charge in [-0.2, -0.15) is 5.10 Å². The molecule has 0 atom stereocenters. The first-order chi connectivity index (χ1) is 11.9. The Morgan fingerprint density at radius 1 is 1.24 bits per heavy atom. The van der Waals surface area contributed by atoms with Gasteiger partial charge in [0.25, 0.3) is 5.91 Å². The SMILES string of the molecule is CCn1nc(C(C)(C)C)cc1C(=O)Nc1cccc(-c2ccno2)c1. The Labute approximate surface area is 146 Å². The van der Waals surface area contributed by atoms with Crippen molar-refractivity contribution in [3.8, 4) is 11.3 Å². The number of aromatic nitrogens is 3. The first-order valence-corrected chi connectivity index (χ1v) is 8.29. The summed E-state index contributed by atoms with van der Waals surface area (Å²) in [6, 6.07) is 11.1. The van der Waals surface area contributed by atoms with E-state index in [1.165, 1.54) is 0 Å². The van der Waals surface area contributed by atoms with Gasteiger partial charge in [0.05, 0.1) is 11.9 Å². The normalized spacial score (nSPS) is 11.5. The Hall–Kier alpha value is -2.89. The van der Waals surface area contributed by atoms with E-state index in [4.69, 9.17) is 4.52 Å². The summed E-state index contributed by atoms with van der Waals surface area (Å²) in [5, 5.41) is 11.2. The number of nitrogens with zero attached hydrogens (tertiary/aromatic N) is 3. The van der Waals surface area contributed by atoms with E-state index in [0.29, 0.717) is 23.7 Å². The van der Waals surface area contributed by atoms with Gasteiger partial charge in [0, 0.05) is 29.3 Å². The molecule has 0 aliphatic heterocycles. The van der Waals surface area contributed by atoms with Gasteiger partial charge < -0.3 is 9.84 Å². The van der Waals surface area contributed by atoms with Crippen LogP contribution in [0.1, 0.15) is 43.9 Å². The predicted octanol–water partition coefficient (Wildman–Crippen LogP) is 4.11. The maximum absolute atomic E-state index is 12.7. The Bertz CT molecular complexity index is 873. The lowest BCUT2D eigenvalue weighted by Crippen LogP contribution is -2.17. The summed E-state index contributed by atoms with van der Waals surface area (Å²) < 4.78 is 6.90. The van der Waals surface area contributed by atoms with Crippen molar-refractivity contribution in [3.63, 3.8) is 0 Å². The lowest BCUT2D eigenvalue weighted by molar-refractivity contribution is 0.101. The van der Waals surface area contributed by atoms with Crippen LogP contribution in [0.4, 0.5) is 5.69 Å². The number of rotatable bonds is 4. The smallest absolute Gasteiger partial charge is 0.273 e. The molecular weight excluding hydrogens is 316 g/mol. The molecule has 0 spiro atoms. The molecule has 0 unspecified atom stereocenters. The molecule has 130 valence electrons. The molecule has 1 N–H and O–H groups in total. The van der Waals surface area contributed by atoms with Gasteiger partial charge >= 0.3 is 0 Å². The highest BCUT2D eigenvalue weighted by Gasteiger charge is 2.22. The van der Waals surface area contributed by atoms with Crippen molar-refractivity contribution >= 4 is 11.6 Å². The molecule has 1 aromatic carbocycles. The molecule has 0 radical (unpaired) electrons. The number of nitrogens with one attached hydrogen (secondary N) is 1. The molecule has 3 rings (SSSR count). The van der Waals surface area contributed by atoms with Crippen LogP contribution in [0.3, 0.4) is 0 Å². The standard InChI is InChI=1S/C19H22N4O2/c1-5-23-15(12-17(22-23)19(2,3)4)18(24)21-14-8-6-7-13(11-14)16-9-10-20-25-16/h6-12H,5H2,1-4H3,(H,21,24). The summed E-state index contributed by atoms with van der Waals surface area (Å²) in [5.41, 5.74) is 2.89. The lowest BCUT2D eigenvalue weighted by Gasteiger charge is -2.13. The van der Waals surface area contributed by atoms with Crippen LogP contribution in [-0.4, -0.2) is 20.8 Å². The van der Waals surface area contributed by atoms with Crippen LogP contribution in [0.2, 0.25) is 0 Å². The molecule has 2 aromatic heterocycles. The molecule has 1 amide bonds. The number of amides is 1. The minimum Gasteiger partial charge on any atom is -0.356 e. The maximum atomic E-state index is 12.7. The average Bonchev–Trinajstić information content (AvgIpc) is 3.24. The van der Waals surface area contributed by atoms with Gasteiger partial charge in [0.1, 0.15) is 5.69 Å². The van der Waals surface area contributed by atoms with Gasteiger partial charge in [0.15, 0.2) is 5.76 Å². The molecule has 0 aliphatic rings. The van der Waals surface area contributed by atoms with Crippen LogP contribution in [0.5, 0.6) is 0 Å². The summed E-state index contributed by atoms with van der Waals surface area (Å²) in [4.78, 5) is 12.7. The predicted molar refractivity (Wildman–Crippen MR) is 96.5 cm³/mol. The highest BCUT2D eigenvalue weighted by Crippen LogP contribution is 2.24. The summed E-state index contributed by atoms with van der Waals surface area (Å²) in [6.07, 6.45) is 1.59. The number of benzene rings is 1. The fraction of sp³-hybridized carbons (Fsp3) is 0.316. The molecule has 0 saturated heterocycles. The highest BCUT2D eigenvalue weighted by atomic mass is 16.5. The van der Waals surface area contributed by atoms with Crippen LogP contribution < -0.4 is 5.32 Å². The van der Waals surface area contributed by atoms with Crippen molar-refractivity contribution in [2.24, 2.45) is 0 Å². The molecule has 0 saturated carbocycles. The van der Waals surface area contributed by atoms with Crippen LogP contribution in [0.25, 0.3) is 11.3 Å². The lowest BCUT2D eigenvalue weighted by atomic mass is 9.92. The van der Waals surface area contributed by atoms with Crippen molar-refractivity contribution in [1.29, 1.82) is 0 Å². The fourth-order valence-corrected chi connectivity index (χ4v) is 2.52. The van der Waals surface area contributed by atoms with Crippen LogP contribution in [-0.2, 0) is 12.0 Å². The van der Waals surface area contributed by atoms with E-state index in [1.807, 2.05) is 37.3 Å². The van der Waals surface area contributed by atoms with Crippen molar-refractivity contribution in [2.45, 2.75) is 39.7 Å². The number of carbonyl (C=O) groups is 1. The number of carbonyl (C=O) groups excluding carboxylic acids is 1. The Kier molecular flexibility index (Phi) is 4.44. The molecule has 6 nitrogen and oxygen atoms in total. The average molecular weight is 338 g/mol. The third-order valence-electron chi connectivity index (χ3n) is 3.92. The molecule has 0 fully saturated rings. The largest absolute Gasteiger partial charge is 0.356 e. The first kappa shape index (κ1) is 17.0. The van der Waals surface area contributed by atoms with E-state index in [0.717, 1.165) is 11.3 Å². The number of aryl methyl sites for hydroxylation is 1. The second-order valence-electron chi connectivity index (χ2n) is 6.89. The topological polar surface area (TPSA) is 73.0 Å². The van der Waals surface area contributed by atoms with Crippen LogP contribution in [0, 0.1) is 0 Å². The zero-order valence-electron chi connectivity index (χ0n) is 14.9. The Morgan fingerprint density at radius 2 is 2.04 bits per heavy atom. The second kappa shape index (κ2) is 6.55. The van der Waals surface area contributed by atoms with Gasteiger partial charge in [-0.3, -0.25) is 9.48 Å². The number of hydrogen-bond donors (Lipinski definition) is 1. The quantitative estimate of drug-likeness (QED) is 0.777. The highest BCUT2D eigenvalue weighted by molar-refractivity contribution is 6.03. The molecular formula is C19H22N4O2. The number of hydrogen-bond acceptors (Lipinski definition) is 4. The van der Waals surface area contributed by atoms with Gasteiger partial charge in [-0.1, -0.05) is 38.1 Å². The molecule has 6 heteroatoms. The van der Waals surface area contributed by atoms with E-state index < -0.39 is 0 Å². The van der Waals surface area contributed by atoms with E-state index in [2.05, 4.69) is 36.3 Å². The van der Waals surface area contributed by atoms with E-state index in [-0.39, 0.29) is 11.3 Å². The van der Waals surface area contributed by atoms with E-state index in [9.17, 15) is 4.79 Å². The van der Waals surface area contributed by atoms with Gasteiger partial charge in [-0.15, -0.1) is 0 Å². The van der Waals surface area contributed by atoms with Crippen molar-refractivity contribution < 1.29 is 9.32 Å². The molecule has 0 bridgehead atoms. The second-order valence-corrected chi connectivity index (χ2v) is 6.89. The van der Waals surface area contributed by atoms with E-state index >= 15 is 0 Å². The molecule has 25 heavy (non-hydrogen) atoms. The first-order valence-electron chi connectivity index (χ1n) is 8.29. The summed E-state index contributed by atoms with van der Waals surface area (Å²) in [7, 11) is 0. The van der Waals surface area contributed by atoms with Gasteiger partial charge in [-0.05, 0) is 25.1 Å². The van der Waals surface area contributed by atoms with Crippen LogP contribution in [0.15, 0.2) is 47.1 Å². The zero-order valence-corrected chi connectivity index (χ0v) is 14.9. The van der Waals surface area contributed by atoms with Gasteiger partial charge in [-0.25, -0.2) is 0 Å². The summed E-state index contributed by atoms with van der Waals surface area (Å²) in [5.74, 6) is 0.476. The summed E-state index contributed by atoms with van der Waals surface area (Å²) in [6.45, 7) is 8.85. The Balaban J connectivity index is 1.86. The fourth-order valence-electron chi connectivity index (χ4n) is 2.52. The van der Waals surface area contributed by atoms with Crippen molar-refractivity contribution in [1.82, 2.24) is 14.9 Å². The third kappa shape index (κ3) is 3.63. The Morgan fingerprint density at radius 3 is 2.68 bits per heavy atom. The minimum absolute atomic E-state index is 0.109. The van der Waals surface area contributed by atoms with Gasteiger partial charge in [0.2, 0.25) is 0 Å². The third-order valence-corrected chi connectivity index (χ3v) is 3.92. The monoisotopic (exact) mass is 338 g/mol. The zero-order chi connectivity index (χ0) is 18.0. The maximum Gasteiger partial charge on any atom is 0.273 e. The molecule has 0 aliphatic carbocycles. The van der Waals surface area contributed by atoms with Crippen molar-refractivity contribution in [2.75, 3.05) is 5.32 Å². The molecule has 2 heterocycles. The van der Waals surface area contributed by atoms with E-state index in [1.54, 1.807) is 16.9 Å². The molecule has 3 aromatic rings. The van der Waals surface area contributed by atoms with Crippen LogP contribution >= 0.6 is 0 Å². The minimum atomic E-state index is -0.181. The summed E-state index contributed by atoms with van der Waals surface area (Å²) >= 11 is 0. The van der Waals surface area contributed by atoms with Crippen molar-refractivity contribution in [3.05, 3.63) is 54.0 Å². The number of anilines is 1.